The lowest BCUT2D eigenvalue weighted by Crippen LogP contribution is -2.50. The van der Waals surface area contributed by atoms with E-state index in [1.807, 2.05) is 0 Å². The lowest BCUT2D eigenvalue weighted by molar-refractivity contribution is -0.0517. The highest BCUT2D eigenvalue weighted by atomic mass is 16.3. The molecule has 0 radical (unpaired) electrons. The lowest BCUT2D eigenvalue weighted by atomic mass is 9.47. The Balaban J connectivity index is 1.70. The van der Waals surface area contributed by atoms with Crippen LogP contribution in [0.3, 0.4) is 0 Å². The summed E-state index contributed by atoms with van der Waals surface area (Å²) >= 11 is 0. The smallest absolute Gasteiger partial charge is 0.0527 e. The van der Waals surface area contributed by atoms with Gasteiger partial charge in [-0.2, -0.15) is 0 Å². The summed E-state index contributed by atoms with van der Waals surface area (Å²) in [7, 11) is 0. The number of fused-ring (bicyclic) bond motifs is 5. The Labute approximate surface area is 129 Å². The first-order valence-electron chi connectivity index (χ1n) is 9.10. The summed E-state index contributed by atoms with van der Waals surface area (Å²) in [5.74, 6) is 2.42. The molecule has 116 valence electrons. The second kappa shape index (κ2) is 4.72. The predicted molar refractivity (Wildman–Crippen MR) is 86.9 cm³/mol. The minimum Gasteiger partial charge on any atom is -0.395 e. The van der Waals surface area contributed by atoms with Crippen molar-refractivity contribution < 1.29 is 5.11 Å². The second-order valence-electron chi connectivity index (χ2n) is 8.45. The summed E-state index contributed by atoms with van der Waals surface area (Å²) in [5.41, 5.74) is 3.71. The molecule has 0 heterocycles. The number of aliphatic hydroxyl groups excluding tert-OH is 1. The zero-order chi connectivity index (χ0) is 14.7. The summed E-state index contributed by atoms with van der Waals surface area (Å²) in [6.07, 6.45) is 14.3. The highest BCUT2D eigenvalue weighted by molar-refractivity contribution is 5.27. The van der Waals surface area contributed by atoms with E-state index in [0.29, 0.717) is 17.9 Å². The number of aliphatic hydroxyl groups is 1. The van der Waals surface area contributed by atoms with E-state index in [4.69, 9.17) is 0 Å². The molecule has 0 aromatic rings. The van der Waals surface area contributed by atoms with Gasteiger partial charge in [-0.1, -0.05) is 30.7 Å². The van der Waals surface area contributed by atoms with Gasteiger partial charge in [-0.3, -0.25) is 0 Å². The molecule has 4 rings (SSSR count). The second-order valence-corrected chi connectivity index (χ2v) is 8.45. The van der Waals surface area contributed by atoms with E-state index >= 15 is 0 Å². The fraction of sp³-hybridized carbons (Fsp3) is 0.800. The summed E-state index contributed by atoms with van der Waals surface area (Å²) < 4.78 is 0. The molecule has 1 N–H and O–H groups in total. The zero-order valence-corrected chi connectivity index (χ0v) is 13.5. The first-order valence-corrected chi connectivity index (χ1v) is 9.10. The van der Waals surface area contributed by atoms with Crippen molar-refractivity contribution in [2.45, 2.75) is 64.7 Å². The van der Waals surface area contributed by atoms with Gasteiger partial charge in [0, 0.05) is 5.41 Å². The van der Waals surface area contributed by atoms with Crippen molar-refractivity contribution in [2.24, 2.45) is 28.6 Å². The van der Waals surface area contributed by atoms with Gasteiger partial charge in [-0.25, -0.2) is 0 Å². The minimum absolute atomic E-state index is 0.0907. The van der Waals surface area contributed by atoms with Crippen molar-refractivity contribution in [3.63, 3.8) is 0 Å². The van der Waals surface area contributed by atoms with E-state index in [2.05, 4.69) is 19.6 Å². The van der Waals surface area contributed by atoms with Crippen molar-refractivity contribution >= 4 is 0 Å². The average Bonchev–Trinajstić information content (AvgIpc) is 2.84. The number of hydrogen-bond donors (Lipinski definition) is 1. The quantitative estimate of drug-likeness (QED) is 0.682. The maximum absolute atomic E-state index is 10.1. The molecule has 0 aromatic heterocycles. The molecule has 5 atom stereocenters. The molecule has 0 amide bonds. The van der Waals surface area contributed by atoms with Crippen molar-refractivity contribution in [3.05, 3.63) is 23.8 Å². The molecule has 0 aromatic carbocycles. The van der Waals surface area contributed by atoms with Crippen LogP contribution in [-0.2, 0) is 0 Å². The van der Waals surface area contributed by atoms with E-state index in [1.54, 1.807) is 5.57 Å². The molecule has 0 unspecified atom stereocenters. The van der Waals surface area contributed by atoms with Gasteiger partial charge in [0.05, 0.1) is 6.61 Å². The van der Waals surface area contributed by atoms with Crippen molar-refractivity contribution in [1.29, 1.82) is 0 Å². The van der Waals surface area contributed by atoms with E-state index in [0.717, 1.165) is 18.3 Å². The largest absolute Gasteiger partial charge is 0.395 e. The maximum atomic E-state index is 10.1. The van der Waals surface area contributed by atoms with E-state index in [9.17, 15) is 5.11 Å². The fourth-order valence-electron chi connectivity index (χ4n) is 6.78. The van der Waals surface area contributed by atoms with Crippen LogP contribution in [0.4, 0.5) is 0 Å². The lowest BCUT2D eigenvalue weighted by Gasteiger charge is -2.58. The van der Waals surface area contributed by atoms with Gasteiger partial charge in [0.2, 0.25) is 0 Å². The SMILES string of the molecule is C=C1CC[C@H]2[C@@H]3CCC4=CCCC[C@]4(C)[C@H]3CC[C@]12CO. The Bertz CT molecular complexity index is 490. The summed E-state index contributed by atoms with van der Waals surface area (Å²) in [4.78, 5) is 0. The first kappa shape index (κ1) is 14.1. The average molecular weight is 286 g/mol. The molecule has 3 saturated carbocycles. The van der Waals surface area contributed by atoms with Crippen LogP contribution in [0.1, 0.15) is 64.7 Å². The Hall–Kier alpha value is -0.560. The molecular weight excluding hydrogens is 256 g/mol. The maximum Gasteiger partial charge on any atom is 0.0527 e. The molecule has 0 spiro atoms. The monoisotopic (exact) mass is 286 g/mol. The third-order valence-corrected chi connectivity index (χ3v) is 7.98. The van der Waals surface area contributed by atoms with Crippen LogP contribution < -0.4 is 0 Å². The van der Waals surface area contributed by atoms with Crippen LogP contribution in [0, 0.1) is 28.6 Å². The Morgan fingerprint density at radius 3 is 2.86 bits per heavy atom. The van der Waals surface area contributed by atoms with Crippen LogP contribution in [0.2, 0.25) is 0 Å². The van der Waals surface area contributed by atoms with Crippen molar-refractivity contribution in [3.8, 4) is 0 Å². The van der Waals surface area contributed by atoms with Gasteiger partial charge in [-0.05, 0) is 81.0 Å². The van der Waals surface area contributed by atoms with Crippen molar-refractivity contribution in [1.82, 2.24) is 0 Å². The molecule has 4 aliphatic rings. The standard InChI is InChI=1S/C20H30O/c1-14-6-9-18-16-8-7-15-5-3-4-11-19(15,2)17(16)10-12-20(14,18)13-21/h5,16-18,21H,1,3-4,6-13H2,2H3/t16-,17+,18+,19+,20+/m1/s1. The topological polar surface area (TPSA) is 20.2 Å². The Morgan fingerprint density at radius 1 is 1.19 bits per heavy atom. The molecule has 0 saturated heterocycles. The van der Waals surface area contributed by atoms with Gasteiger partial charge in [0.25, 0.3) is 0 Å². The molecule has 1 nitrogen and oxygen atoms in total. The predicted octanol–water partition coefficient (Wildman–Crippen LogP) is 4.87. The zero-order valence-electron chi connectivity index (χ0n) is 13.5. The Kier molecular flexibility index (Phi) is 3.16. The molecular formula is C20H30O. The van der Waals surface area contributed by atoms with Gasteiger partial charge < -0.3 is 5.11 Å². The Morgan fingerprint density at radius 2 is 2.05 bits per heavy atom. The van der Waals surface area contributed by atoms with Crippen LogP contribution in [0.25, 0.3) is 0 Å². The fourth-order valence-corrected chi connectivity index (χ4v) is 6.78. The third-order valence-electron chi connectivity index (χ3n) is 7.98. The van der Waals surface area contributed by atoms with E-state index in [1.165, 1.54) is 56.9 Å². The van der Waals surface area contributed by atoms with E-state index < -0.39 is 0 Å². The first-order chi connectivity index (χ1) is 10.1. The molecule has 21 heavy (non-hydrogen) atoms. The summed E-state index contributed by atoms with van der Waals surface area (Å²) in [6.45, 7) is 7.25. The van der Waals surface area contributed by atoms with Crippen molar-refractivity contribution in [2.75, 3.05) is 6.61 Å². The molecule has 0 aliphatic heterocycles. The highest BCUT2D eigenvalue weighted by Crippen LogP contribution is 2.66. The number of hydrogen-bond acceptors (Lipinski definition) is 1. The van der Waals surface area contributed by atoms with E-state index in [-0.39, 0.29) is 5.41 Å². The molecule has 1 heteroatoms. The normalized spacial score (nSPS) is 49.1. The summed E-state index contributed by atoms with van der Waals surface area (Å²) in [6, 6.07) is 0. The van der Waals surface area contributed by atoms with Crippen LogP contribution in [-0.4, -0.2) is 11.7 Å². The number of allylic oxidation sites excluding steroid dienone is 2. The van der Waals surface area contributed by atoms with Crippen LogP contribution in [0.5, 0.6) is 0 Å². The van der Waals surface area contributed by atoms with Crippen LogP contribution >= 0.6 is 0 Å². The van der Waals surface area contributed by atoms with Gasteiger partial charge in [-0.15, -0.1) is 0 Å². The molecule has 4 aliphatic carbocycles. The van der Waals surface area contributed by atoms with Crippen LogP contribution in [0.15, 0.2) is 23.8 Å². The summed E-state index contributed by atoms with van der Waals surface area (Å²) in [5, 5.41) is 10.1. The third kappa shape index (κ3) is 1.73. The molecule has 3 fully saturated rings. The van der Waals surface area contributed by atoms with Gasteiger partial charge in [0.15, 0.2) is 0 Å². The van der Waals surface area contributed by atoms with Gasteiger partial charge in [0.1, 0.15) is 0 Å². The van der Waals surface area contributed by atoms with Gasteiger partial charge >= 0.3 is 0 Å². The number of rotatable bonds is 1. The highest BCUT2D eigenvalue weighted by Gasteiger charge is 2.58. The minimum atomic E-state index is 0.0907. The molecule has 0 bridgehead atoms.